The van der Waals surface area contributed by atoms with Gasteiger partial charge in [-0.25, -0.2) is 0 Å². The Morgan fingerprint density at radius 1 is 1.22 bits per heavy atom. The minimum Gasteiger partial charge on any atom is -0.493 e. The van der Waals surface area contributed by atoms with Gasteiger partial charge in [-0.3, -0.25) is 0 Å². The van der Waals surface area contributed by atoms with Crippen molar-refractivity contribution in [2.24, 2.45) is 0 Å². The SMILES string of the molecule is COc1cc(Br)c(CNCC[C@]2(Br)CCCC[C@@H]2Br)cc1OC. The van der Waals surface area contributed by atoms with E-state index in [1.54, 1.807) is 14.2 Å². The van der Waals surface area contributed by atoms with Gasteiger partial charge in [0.2, 0.25) is 0 Å². The predicted octanol–water partition coefficient (Wildman–Crippen LogP) is 5.42. The summed E-state index contributed by atoms with van der Waals surface area (Å²) in [5.41, 5.74) is 1.17. The predicted molar refractivity (Wildman–Crippen MR) is 106 cm³/mol. The Morgan fingerprint density at radius 3 is 2.57 bits per heavy atom. The second-order valence-corrected chi connectivity index (χ2v) is 9.51. The fraction of sp³-hybridized carbons (Fsp3) is 0.647. The average molecular weight is 514 g/mol. The molecule has 1 fully saturated rings. The molecule has 1 aliphatic rings. The van der Waals surface area contributed by atoms with E-state index in [1.165, 1.54) is 31.2 Å². The van der Waals surface area contributed by atoms with E-state index in [-0.39, 0.29) is 4.32 Å². The molecule has 130 valence electrons. The molecule has 6 heteroatoms. The van der Waals surface area contributed by atoms with Gasteiger partial charge in [-0.15, -0.1) is 0 Å². The quantitative estimate of drug-likeness (QED) is 0.390. The molecule has 2 rings (SSSR count). The molecule has 1 aromatic carbocycles. The molecule has 0 saturated heterocycles. The van der Waals surface area contributed by atoms with E-state index < -0.39 is 0 Å². The fourth-order valence-electron chi connectivity index (χ4n) is 2.99. The van der Waals surface area contributed by atoms with E-state index in [9.17, 15) is 0 Å². The molecule has 1 aliphatic carbocycles. The van der Waals surface area contributed by atoms with Crippen LogP contribution in [0.5, 0.6) is 11.5 Å². The van der Waals surface area contributed by atoms with Gasteiger partial charge in [0, 0.05) is 20.2 Å². The van der Waals surface area contributed by atoms with Crippen LogP contribution in [0, 0.1) is 0 Å². The van der Waals surface area contributed by atoms with Crippen LogP contribution < -0.4 is 14.8 Å². The maximum atomic E-state index is 5.38. The number of ether oxygens (including phenoxy) is 2. The second kappa shape index (κ2) is 9.07. The van der Waals surface area contributed by atoms with Crippen molar-refractivity contribution < 1.29 is 9.47 Å². The Morgan fingerprint density at radius 2 is 1.91 bits per heavy atom. The van der Waals surface area contributed by atoms with E-state index in [1.807, 2.05) is 12.1 Å². The van der Waals surface area contributed by atoms with Crippen molar-refractivity contribution in [2.75, 3.05) is 20.8 Å². The number of rotatable bonds is 7. The maximum Gasteiger partial charge on any atom is 0.161 e. The second-order valence-electron chi connectivity index (χ2n) is 5.97. The number of benzene rings is 1. The molecule has 3 nitrogen and oxygen atoms in total. The van der Waals surface area contributed by atoms with Crippen LogP contribution in [0.1, 0.15) is 37.7 Å². The van der Waals surface area contributed by atoms with Crippen molar-refractivity contribution in [3.63, 3.8) is 0 Å². The van der Waals surface area contributed by atoms with Crippen molar-refractivity contribution in [2.45, 2.75) is 47.8 Å². The van der Waals surface area contributed by atoms with Gasteiger partial charge < -0.3 is 14.8 Å². The minimum absolute atomic E-state index is 0.229. The normalized spacial score (nSPS) is 24.5. The van der Waals surface area contributed by atoms with Gasteiger partial charge in [-0.2, -0.15) is 0 Å². The van der Waals surface area contributed by atoms with E-state index in [2.05, 4.69) is 53.1 Å². The molecular weight excluding hydrogens is 490 g/mol. The molecule has 0 heterocycles. The molecule has 0 bridgehead atoms. The Bertz CT molecular complexity index is 527. The largest absolute Gasteiger partial charge is 0.493 e. The number of nitrogens with one attached hydrogen (secondary N) is 1. The Labute approximate surface area is 164 Å². The molecule has 0 unspecified atom stereocenters. The summed E-state index contributed by atoms with van der Waals surface area (Å²) in [6, 6.07) is 3.98. The van der Waals surface area contributed by atoms with Gasteiger partial charge in [0.1, 0.15) is 0 Å². The standard InChI is InChI=1S/C17H24Br3NO2/c1-22-14-9-12(13(18)10-15(14)23-2)11-21-8-7-17(20)6-4-3-5-16(17)19/h9-10,16,21H,3-8,11H2,1-2H3/t16-,17+/m0/s1. The summed E-state index contributed by atoms with van der Waals surface area (Å²) in [6.07, 6.45) is 6.26. The minimum atomic E-state index is 0.229. The summed E-state index contributed by atoms with van der Waals surface area (Å²) in [5.74, 6) is 1.50. The Kier molecular flexibility index (Phi) is 7.70. The van der Waals surface area contributed by atoms with Crippen LogP contribution in [-0.2, 0) is 6.54 Å². The zero-order valence-corrected chi connectivity index (χ0v) is 18.4. The van der Waals surface area contributed by atoms with Gasteiger partial charge >= 0.3 is 0 Å². The van der Waals surface area contributed by atoms with E-state index in [0.717, 1.165) is 35.5 Å². The zero-order chi connectivity index (χ0) is 16.9. The van der Waals surface area contributed by atoms with Crippen LogP contribution >= 0.6 is 47.8 Å². The topological polar surface area (TPSA) is 30.5 Å². The summed E-state index contributed by atoms with van der Waals surface area (Å²) in [6.45, 7) is 1.78. The van der Waals surface area contributed by atoms with Crippen LogP contribution in [0.3, 0.4) is 0 Å². The number of methoxy groups -OCH3 is 2. The van der Waals surface area contributed by atoms with Crippen molar-refractivity contribution in [1.29, 1.82) is 0 Å². The van der Waals surface area contributed by atoms with Crippen LogP contribution in [0.15, 0.2) is 16.6 Å². The first-order chi connectivity index (χ1) is 11.0. The van der Waals surface area contributed by atoms with E-state index >= 15 is 0 Å². The summed E-state index contributed by atoms with van der Waals surface area (Å²) in [7, 11) is 3.31. The summed E-state index contributed by atoms with van der Waals surface area (Å²) < 4.78 is 12.0. The molecule has 0 spiro atoms. The summed E-state index contributed by atoms with van der Waals surface area (Å²) in [4.78, 5) is 0.568. The van der Waals surface area contributed by atoms with Crippen LogP contribution in [0.25, 0.3) is 0 Å². The Balaban J connectivity index is 1.89. The number of hydrogen-bond acceptors (Lipinski definition) is 3. The third kappa shape index (κ3) is 5.10. The first-order valence-electron chi connectivity index (χ1n) is 7.94. The molecule has 1 saturated carbocycles. The maximum absolute atomic E-state index is 5.38. The van der Waals surface area contributed by atoms with Gasteiger partial charge in [0.25, 0.3) is 0 Å². The first kappa shape index (κ1) is 19.5. The first-order valence-corrected chi connectivity index (χ1v) is 10.4. The zero-order valence-electron chi connectivity index (χ0n) is 13.6. The number of alkyl halides is 2. The molecule has 23 heavy (non-hydrogen) atoms. The highest BCUT2D eigenvalue weighted by atomic mass is 79.9. The number of halogens is 3. The van der Waals surface area contributed by atoms with Gasteiger partial charge in [-0.05, 0) is 43.5 Å². The van der Waals surface area contributed by atoms with Gasteiger partial charge in [0.15, 0.2) is 11.5 Å². The lowest BCUT2D eigenvalue weighted by atomic mass is 9.86. The molecule has 0 aromatic heterocycles. The van der Waals surface area contributed by atoms with Crippen molar-refractivity contribution >= 4 is 47.8 Å². The lowest BCUT2D eigenvalue weighted by Crippen LogP contribution is -2.38. The molecule has 0 amide bonds. The lowest BCUT2D eigenvalue weighted by molar-refractivity contribution is 0.354. The van der Waals surface area contributed by atoms with Gasteiger partial charge in [-0.1, -0.05) is 60.6 Å². The third-order valence-electron chi connectivity index (χ3n) is 4.45. The van der Waals surface area contributed by atoms with E-state index in [0.29, 0.717) is 4.83 Å². The average Bonchev–Trinajstić information content (AvgIpc) is 2.55. The smallest absolute Gasteiger partial charge is 0.161 e. The summed E-state index contributed by atoms with van der Waals surface area (Å²) in [5, 5.41) is 3.55. The highest BCUT2D eigenvalue weighted by Gasteiger charge is 2.36. The highest BCUT2D eigenvalue weighted by molar-refractivity contribution is 9.12. The van der Waals surface area contributed by atoms with Crippen LogP contribution in [0.2, 0.25) is 0 Å². The van der Waals surface area contributed by atoms with Crippen molar-refractivity contribution in [1.82, 2.24) is 5.32 Å². The third-order valence-corrected chi connectivity index (χ3v) is 8.48. The molecule has 2 atom stereocenters. The van der Waals surface area contributed by atoms with Crippen molar-refractivity contribution in [3.05, 3.63) is 22.2 Å². The monoisotopic (exact) mass is 511 g/mol. The van der Waals surface area contributed by atoms with Gasteiger partial charge in [0.05, 0.1) is 14.2 Å². The van der Waals surface area contributed by atoms with Crippen LogP contribution in [-0.4, -0.2) is 29.9 Å². The van der Waals surface area contributed by atoms with E-state index in [4.69, 9.17) is 9.47 Å². The molecule has 1 aromatic rings. The fourth-order valence-corrected chi connectivity index (χ4v) is 4.94. The lowest BCUT2D eigenvalue weighted by Gasteiger charge is -2.36. The molecule has 0 radical (unpaired) electrons. The Hall–Kier alpha value is 0.220. The highest BCUT2D eigenvalue weighted by Crippen LogP contribution is 2.42. The number of hydrogen-bond donors (Lipinski definition) is 1. The van der Waals surface area contributed by atoms with Crippen molar-refractivity contribution in [3.8, 4) is 11.5 Å². The molecular formula is C17H24Br3NO2. The molecule has 0 aliphatic heterocycles. The summed E-state index contributed by atoms with van der Waals surface area (Å²) >= 11 is 11.4. The van der Waals surface area contributed by atoms with Crippen LogP contribution in [0.4, 0.5) is 0 Å². The molecule has 1 N–H and O–H groups in total.